The van der Waals surface area contributed by atoms with E-state index < -0.39 is 48.6 Å². The third-order valence-electron chi connectivity index (χ3n) is 2.91. The highest BCUT2D eigenvalue weighted by molar-refractivity contribution is 5.75. The molecule has 0 aromatic heterocycles. The minimum absolute atomic E-state index is 0.549. The second-order valence-corrected chi connectivity index (χ2v) is 4.34. The second-order valence-electron chi connectivity index (χ2n) is 4.34. The van der Waals surface area contributed by atoms with E-state index in [0.717, 1.165) is 0 Å². The van der Waals surface area contributed by atoms with E-state index >= 15 is 0 Å². The maximum absolute atomic E-state index is 10.8. The molecule has 0 radical (unpaired) electrons. The summed E-state index contributed by atoms with van der Waals surface area (Å²) in [6.45, 7) is 1.38. The van der Waals surface area contributed by atoms with Crippen molar-refractivity contribution in [2.45, 2.75) is 49.5 Å². The number of carboxylic acids is 1. The number of carboxylic acid groups (broad SMARTS) is 1. The van der Waals surface area contributed by atoms with Crippen LogP contribution in [0.1, 0.15) is 13.3 Å². The van der Waals surface area contributed by atoms with Gasteiger partial charge in [0.2, 0.25) is 0 Å². The van der Waals surface area contributed by atoms with Gasteiger partial charge in [-0.05, 0) is 6.92 Å². The summed E-state index contributed by atoms with van der Waals surface area (Å²) in [6.07, 6.45) is -4.00. The fourth-order valence-electron chi connectivity index (χ4n) is 1.74. The number of ether oxygens (including phenoxy) is 1. The van der Waals surface area contributed by atoms with Crippen LogP contribution in [0.15, 0.2) is 0 Å². The third-order valence-corrected chi connectivity index (χ3v) is 2.91. The molecule has 17 heavy (non-hydrogen) atoms. The molecule has 0 bridgehead atoms. The number of rotatable bonds is 3. The van der Waals surface area contributed by atoms with Gasteiger partial charge in [0, 0.05) is 6.42 Å². The Morgan fingerprint density at radius 3 is 2.53 bits per heavy atom. The molecule has 100 valence electrons. The van der Waals surface area contributed by atoms with Crippen LogP contribution in [-0.2, 0) is 9.53 Å². The Labute approximate surface area is 97.8 Å². The predicted molar refractivity (Wildman–Crippen MR) is 55.7 cm³/mol. The van der Waals surface area contributed by atoms with Crippen molar-refractivity contribution in [1.29, 1.82) is 0 Å². The van der Waals surface area contributed by atoms with E-state index in [1.165, 1.54) is 6.92 Å². The van der Waals surface area contributed by atoms with E-state index in [1.54, 1.807) is 0 Å². The molecule has 0 spiro atoms. The van der Waals surface area contributed by atoms with Crippen LogP contribution in [0.4, 0.5) is 0 Å². The van der Waals surface area contributed by atoms with E-state index in [1.807, 2.05) is 0 Å². The maximum atomic E-state index is 10.8. The molecule has 0 aromatic carbocycles. The Morgan fingerprint density at radius 1 is 1.59 bits per heavy atom. The Morgan fingerprint density at radius 2 is 2.12 bits per heavy atom. The van der Waals surface area contributed by atoms with Crippen LogP contribution in [0.25, 0.3) is 0 Å². The predicted octanol–water partition coefficient (Wildman–Crippen LogP) is -3.06. The van der Waals surface area contributed by atoms with Gasteiger partial charge in [-0.25, -0.2) is 4.79 Å². The van der Waals surface area contributed by atoms with Crippen molar-refractivity contribution in [2.75, 3.05) is 0 Å². The van der Waals surface area contributed by atoms with Gasteiger partial charge in [-0.2, -0.15) is 0 Å². The zero-order chi connectivity index (χ0) is 13.4. The first-order valence-electron chi connectivity index (χ1n) is 5.20. The lowest BCUT2D eigenvalue weighted by molar-refractivity contribution is -0.279. The zero-order valence-corrected chi connectivity index (χ0v) is 9.35. The summed E-state index contributed by atoms with van der Waals surface area (Å²) in [6, 6.07) is -1.98. The second kappa shape index (κ2) is 4.84. The normalized spacial score (nSPS) is 41.9. The molecule has 8 N–H and O–H groups in total. The van der Waals surface area contributed by atoms with Crippen LogP contribution in [0.5, 0.6) is 0 Å². The van der Waals surface area contributed by atoms with Crippen molar-refractivity contribution >= 4 is 5.97 Å². The highest BCUT2D eigenvalue weighted by Crippen LogP contribution is 2.28. The van der Waals surface area contributed by atoms with Crippen LogP contribution >= 0.6 is 0 Å². The van der Waals surface area contributed by atoms with E-state index in [0.29, 0.717) is 0 Å². The molecule has 0 amide bonds. The van der Waals surface area contributed by atoms with Crippen LogP contribution in [0.2, 0.25) is 0 Å². The Balaban J connectivity index is 2.93. The highest BCUT2D eigenvalue weighted by Gasteiger charge is 2.51. The fraction of sp³-hybridized carbons (Fsp3) is 0.889. The van der Waals surface area contributed by atoms with Gasteiger partial charge in [-0.3, -0.25) is 0 Å². The lowest BCUT2D eigenvalue weighted by atomic mass is 9.89. The molecule has 1 aliphatic rings. The zero-order valence-electron chi connectivity index (χ0n) is 9.35. The quantitative estimate of drug-likeness (QED) is 0.308. The first kappa shape index (κ1) is 14.3. The van der Waals surface area contributed by atoms with Crippen molar-refractivity contribution in [1.82, 2.24) is 0 Å². The number of aliphatic hydroxyl groups excluding tert-OH is 2. The summed E-state index contributed by atoms with van der Waals surface area (Å²) in [5.41, 5.74) is 11.2. The molecule has 6 atom stereocenters. The van der Waals surface area contributed by atoms with Gasteiger partial charge < -0.3 is 36.6 Å². The van der Waals surface area contributed by atoms with E-state index in [9.17, 15) is 20.1 Å². The number of hydrogen-bond donors (Lipinski definition) is 6. The van der Waals surface area contributed by atoms with Crippen LogP contribution in [0.3, 0.4) is 0 Å². The van der Waals surface area contributed by atoms with Crippen molar-refractivity contribution in [3.8, 4) is 0 Å². The largest absolute Gasteiger partial charge is 0.477 e. The Bertz CT molecular complexity index is 295. The average molecular weight is 250 g/mol. The highest BCUT2D eigenvalue weighted by atomic mass is 16.7. The van der Waals surface area contributed by atoms with Crippen LogP contribution < -0.4 is 11.5 Å². The van der Waals surface area contributed by atoms with E-state index in [-0.39, 0.29) is 0 Å². The molecule has 1 aliphatic heterocycles. The van der Waals surface area contributed by atoms with Gasteiger partial charge in [-0.1, -0.05) is 0 Å². The SMILES string of the molecule is CC(O)C(N)[C@@H]1OC(O)(C(=O)O)C[C@@H](O)[C@H]1N. The molecule has 1 fully saturated rings. The van der Waals surface area contributed by atoms with Gasteiger partial charge >= 0.3 is 5.97 Å². The summed E-state index contributed by atoms with van der Waals surface area (Å²) in [5, 5.41) is 37.4. The Hall–Kier alpha value is -0.770. The molecule has 1 heterocycles. The van der Waals surface area contributed by atoms with Crippen molar-refractivity contribution in [3.63, 3.8) is 0 Å². The van der Waals surface area contributed by atoms with Crippen molar-refractivity contribution in [3.05, 3.63) is 0 Å². The summed E-state index contributed by atoms with van der Waals surface area (Å²) in [4.78, 5) is 10.8. The first-order chi connectivity index (χ1) is 7.69. The molecular formula is C9H18N2O6. The number of nitrogens with two attached hydrogens (primary N) is 2. The molecule has 1 rings (SSSR count). The van der Waals surface area contributed by atoms with Gasteiger partial charge in [0.25, 0.3) is 5.79 Å². The molecule has 0 aliphatic carbocycles. The molecule has 8 nitrogen and oxygen atoms in total. The Kier molecular flexibility index (Phi) is 4.07. The van der Waals surface area contributed by atoms with Gasteiger partial charge in [-0.15, -0.1) is 0 Å². The molecule has 3 unspecified atom stereocenters. The molecule has 1 saturated heterocycles. The fourth-order valence-corrected chi connectivity index (χ4v) is 1.74. The molecule has 8 heteroatoms. The topological polar surface area (TPSA) is 159 Å². The summed E-state index contributed by atoms with van der Waals surface area (Å²) in [5.74, 6) is -4.17. The van der Waals surface area contributed by atoms with E-state index in [2.05, 4.69) is 0 Å². The van der Waals surface area contributed by atoms with E-state index in [4.69, 9.17) is 21.3 Å². The minimum atomic E-state index is -2.54. The monoisotopic (exact) mass is 250 g/mol. The van der Waals surface area contributed by atoms with Crippen LogP contribution in [0, 0.1) is 0 Å². The average Bonchev–Trinajstić information content (AvgIpc) is 2.22. The number of aliphatic carboxylic acids is 1. The molecular weight excluding hydrogens is 232 g/mol. The smallest absolute Gasteiger partial charge is 0.364 e. The van der Waals surface area contributed by atoms with Gasteiger partial charge in [0.15, 0.2) is 0 Å². The number of aliphatic hydroxyl groups is 3. The molecule has 0 saturated carbocycles. The summed E-state index contributed by atoms with van der Waals surface area (Å²) < 4.78 is 4.93. The summed E-state index contributed by atoms with van der Waals surface area (Å²) in [7, 11) is 0. The maximum Gasteiger partial charge on any atom is 0.364 e. The molecule has 0 aromatic rings. The van der Waals surface area contributed by atoms with Crippen molar-refractivity contribution in [2.24, 2.45) is 11.5 Å². The lowest BCUT2D eigenvalue weighted by Gasteiger charge is -2.43. The van der Waals surface area contributed by atoms with Crippen molar-refractivity contribution < 1.29 is 30.0 Å². The number of carbonyl (C=O) groups is 1. The standard InChI is InChI=1S/C9H18N2O6/c1-3(12)5(10)7-6(11)4(13)2-9(16,17-7)8(14)15/h3-7,12-13,16H,2,10-11H2,1H3,(H,14,15)/t3?,4-,5?,6-,7+,9?/m1/s1. The van der Waals surface area contributed by atoms with Crippen LogP contribution in [-0.4, -0.2) is 62.6 Å². The first-order valence-corrected chi connectivity index (χ1v) is 5.20. The van der Waals surface area contributed by atoms with Gasteiger partial charge in [0.05, 0.1) is 30.4 Å². The van der Waals surface area contributed by atoms with Gasteiger partial charge in [0.1, 0.15) is 0 Å². The third kappa shape index (κ3) is 2.73. The minimum Gasteiger partial charge on any atom is -0.477 e. The summed E-state index contributed by atoms with van der Waals surface area (Å²) >= 11 is 0. The number of hydrogen-bond acceptors (Lipinski definition) is 7. The lowest BCUT2D eigenvalue weighted by Crippen LogP contribution is -2.66.